The number of carbonyl (C=O) groups excluding carboxylic acids is 1. The molecular formula is C21H28N6O3S. The fraction of sp³-hybridized carbons (Fsp3) is 0.429. The Hall–Kier alpha value is -2.85. The van der Waals surface area contributed by atoms with Gasteiger partial charge in [-0.1, -0.05) is 30.0 Å². The van der Waals surface area contributed by atoms with Gasteiger partial charge in [-0.25, -0.2) is 14.6 Å². The molecule has 0 saturated carbocycles. The van der Waals surface area contributed by atoms with Crippen molar-refractivity contribution >= 4 is 34.5 Å². The molecule has 0 aliphatic carbocycles. The van der Waals surface area contributed by atoms with Crippen LogP contribution in [0.4, 0.5) is 5.82 Å². The molecule has 0 aliphatic rings. The molecule has 0 aliphatic heterocycles. The van der Waals surface area contributed by atoms with Gasteiger partial charge in [-0.05, 0) is 31.7 Å². The second kappa shape index (κ2) is 11.5. The zero-order valence-corrected chi connectivity index (χ0v) is 18.9. The lowest BCUT2D eigenvalue weighted by Gasteiger charge is -2.10. The molecular weight excluding hydrogens is 416 g/mol. The van der Waals surface area contributed by atoms with Crippen LogP contribution < -0.4 is 15.4 Å². The third-order valence-corrected chi connectivity index (χ3v) is 5.05. The molecule has 3 rings (SSSR count). The lowest BCUT2D eigenvalue weighted by Crippen LogP contribution is -2.31. The number of amides is 1. The number of aryl methyl sites for hydroxylation is 1. The van der Waals surface area contributed by atoms with Crippen LogP contribution in [0.2, 0.25) is 0 Å². The zero-order chi connectivity index (χ0) is 22.1. The van der Waals surface area contributed by atoms with E-state index >= 15 is 0 Å². The molecule has 0 saturated heterocycles. The minimum absolute atomic E-state index is 0.0304. The van der Waals surface area contributed by atoms with Crippen molar-refractivity contribution in [1.82, 2.24) is 25.1 Å². The van der Waals surface area contributed by atoms with Crippen LogP contribution in [0.5, 0.6) is 5.75 Å². The Morgan fingerprint density at radius 2 is 2.06 bits per heavy atom. The van der Waals surface area contributed by atoms with Crippen LogP contribution in [0.15, 0.2) is 35.6 Å². The van der Waals surface area contributed by atoms with Gasteiger partial charge in [-0.2, -0.15) is 5.10 Å². The van der Waals surface area contributed by atoms with Crippen molar-refractivity contribution < 1.29 is 14.3 Å². The Labute approximate surface area is 185 Å². The second-order valence-electron chi connectivity index (χ2n) is 6.69. The number of ether oxygens (including phenoxy) is 2. The summed E-state index contributed by atoms with van der Waals surface area (Å²) in [4.78, 5) is 21.3. The van der Waals surface area contributed by atoms with Crippen molar-refractivity contribution in [3.63, 3.8) is 0 Å². The van der Waals surface area contributed by atoms with Crippen LogP contribution in [0, 0.1) is 6.92 Å². The molecule has 2 heterocycles. The highest BCUT2D eigenvalue weighted by Crippen LogP contribution is 2.23. The Morgan fingerprint density at radius 1 is 1.23 bits per heavy atom. The van der Waals surface area contributed by atoms with Gasteiger partial charge in [0.1, 0.15) is 11.6 Å². The molecule has 1 amide bonds. The lowest BCUT2D eigenvalue weighted by molar-refractivity contribution is -0.123. The van der Waals surface area contributed by atoms with E-state index in [1.54, 1.807) is 10.9 Å². The maximum Gasteiger partial charge on any atom is 0.258 e. The van der Waals surface area contributed by atoms with Crippen molar-refractivity contribution in [3.8, 4) is 5.75 Å². The smallest absolute Gasteiger partial charge is 0.258 e. The van der Waals surface area contributed by atoms with E-state index in [0.29, 0.717) is 43.8 Å². The maximum absolute atomic E-state index is 12.1. The van der Waals surface area contributed by atoms with Gasteiger partial charge in [0.25, 0.3) is 5.91 Å². The topological polar surface area (TPSA) is 103 Å². The van der Waals surface area contributed by atoms with E-state index in [1.165, 1.54) is 11.8 Å². The molecule has 10 heteroatoms. The van der Waals surface area contributed by atoms with E-state index in [9.17, 15) is 4.79 Å². The van der Waals surface area contributed by atoms with E-state index in [2.05, 4.69) is 25.7 Å². The van der Waals surface area contributed by atoms with Crippen LogP contribution in [-0.2, 0) is 16.1 Å². The number of anilines is 1. The van der Waals surface area contributed by atoms with Crippen molar-refractivity contribution in [1.29, 1.82) is 0 Å². The summed E-state index contributed by atoms with van der Waals surface area (Å²) in [6.07, 6.45) is 3.67. The summed E-state index contributed by atoms with van der Waals surface area (Å²) < 4.78 is 12.7. The van der Waals surface area contributed by atoms with Crippen molar-refractivity contribution in [2.45, 2.75) is 25.5 Å². The first-order valence-corrected chi connectivity index (χ1v) is 11.4. The summed E-state index contributed by atoms with van der Waals surface area (Å²) in [5.74, 6) is 1.26. The molecule has 0 fully saturated rings. The molecule has 2 aromatic heterocycles. The number of nitrogens with one attached hydrogen (secondary N) is 2. The van der Waals surface area contributed by atoms with Crippen molar-refractivity contribution in [3.05, 3.63) is 36.0 Å². The first-order chi connectivity index (χ1) is 15.1. The monoisotopic (exact) mass is 444 g/mol. The van der Waals surface area contributed by atoms with E-state index in [-0.39, 0.29) is 12.5 Å². The molecule has 0 unspecified atom stereocenters. The van der Waals surface area contributed by atoms with Crippen molar-refractivity contribution in [2.75, 3.05) is 44.5 Å². The third kappa shape index (κ3) is 6.31. The van der Waals surface area contributed by atoms with Crippen LogP contribution >= 0.6 is 11.8 Å². The number of aromatic nitrogens is 4. The number of hydrogen-bond acceptors (Lipinski definition) is 8. The summed E-state index contributed by atoms with van der Waals surface area (Å²) in [5.41, 5.74) is 1.72. The largest absolute Gasteiger partial charge is 0.484 e. The lowest BCUT2D eigenvalue weighted by atomic mass is 10.2. The normalized spacial score (nSPS) is 10.9. The number of hydrogen-bond donors (Lipinski definition) is 2. The Morgan fingerprint density at radius 3 is 2.84 bits per heavy atom. The quantitative estimate of drug-likeness (QED) is 0.250. The maximum atomic E-state index is 12.1. The summed E-state index contributed by atoms with van der Waals surface area (Å²) in [6, 6.07) is 7.61. The summed E-state index contributed by atoms with van der Waals surface area (Å²) in [7, 11) is 0. The van der Waals surface area contributed by atoms with Gasteiger partial charge in [0.2, 0.25) is 0 Å². The minimum atomic E-state index is -0.183. The number of para-hydroxylation sites is 1. The van der Waals surface area contributed by atoms with Gasteiger partial charge in [-0.15, -0.1) is 0 Å². The van der Waals surface area contributed by atoms with Crippen molar-refractivity contribution in [2.24, 2.45) is 0 Å². The molecule has 0 radical (unpaired) electrons. The number of thioether (sulfide) groups is 1. The van der Waals surface area contributed by atoms with Crippen LogP contribution in [-0.4, -0.2) is 64.8 Å². The second-order valence-corrected chi connectivity index (χ2v) is 7.47. The molecule has 0 atom stereocenters. The number of rotatable bonds is 12. The molecule has 9 nitrogen and oxygen atoms in total. The van der Waals surface area contributed by atoms with Gasteiger partial charge in [-0.3, -0.25) is 4.79 Å². The van der Waals surface area contributed by atoms with Gasteiger partial charge >= 0.3 is 0 Å². The van der Waals surface area contributed by atoms with Gasteiger partial charge in [0.15, 0.2) is 17.4 Å². The van der Waals surface area contributed by atoms with Crippen LogP contribution in [0.1, 0.15) is 12.5 Å². The highest BCUT2D eigenvalue weighted by Gasteiger charge is 2.13. The number of benzene rings is 1. The predicted molar refractivity (Wildman–Crippen MR) is 122 cm³/mol. The van der Waals surface area contributed by atoms with E-state index < -0.39 is 0 Å². The summed E-state index contributed by atoms with van der Waals surface area (Å²) >= 11 is 1.47. The molecule has 0 spiro atoms. The average Bonchev–Trinajstić information content (AvgIpc) is 3.19. The van der Waals surface area contributed by atoms with Gasteiger partial charge in [0.05, 0.1) is 24.7 Å². The van der Waals surface area contributed by atoms with E-state index in [4.69, 9.17) is 9.47 Å². The first-order valence-electron chi connectivity index (χ1n) is 10.2. The highest BCUT2D eigenvalue weighted by molar-refractivity contribution is 7.98. The Balaban J connectivity index is 1.57. The molecule has 3 aromatic rings. The Kier molecular flexibility index (Phi) is 8.48. The minimum Gasteiger partial charge on any atom is -0.484 e. The Bertz CT molecular complexity index is 1010. The SMILES string of the molecule is CCOCCNc1nc(SC)nc2c1cnn2CCNC(=O)COc1ccccc1C. The molecule has 2 N–H and O–H groups in total. The highest BCUT2D eigenvalue weighted by atomic mass is 32.2. The summed E-state index contributed by atoms with van der Waals surface area (Å²) in [6.45, 7) is 6.71. The summed E-state index contributed by atoms with van der Waals surface area (Å²) in [5, 5.41) is 12.1. The molecule has 1 aromatic carbocycles. The molecule has 31 heavy (non-hydrogen) atoms. The predicted octanol–water partition coefficient (Wildman–Crippen LogP) is 2.50. The third-order valence-electron chi connectivity index (χ3n) is 4.50. The fourth-order valence-corrected chi connectivity index (χ4v) is 3.29. The molecule has 166 valence electrons. The number of fused-ring (bicyclic) bond motifs is 1. The van der Waals surface area contributed by atoms with Crippen LogP contribution in [0.3, 0.4) is 0 Å². The van der Waals surface area contributed by atoms with Gasteiger partial charge in [0, 0.05) is 19.7 Å². The van der Waals surface area contributed by atoms with E-state index in [0.717, 1.165) is 22.4 Å². The number of nitrogens with zero attached hydrogens (tertiary/aromatic N) is 4. The van der Waals surface area contributed by atoms with E-state index in [1.807, 2.05) is 44.4 Å². The number of carbonyl (C=O) groups is 1. The zero-order valence-electron chi connectivity index (χ0n) is 18.1. The average molecular weight is 445 g/mol. The molecule has 0 bridgehead atoms. The van der Waals surface area contributed by atoms with Crippen LogP contribution in [0.25, 0.3) is 11.0 Å². The first kappa shape index (κ1) is 22.8. The van der Waals surface area contributed by atoms with Gasteiger partial charge < -0.3 is 20.1 Å². The fourth-order valence-electron chi connectivity index (χ4n) is 2.92. The standard InChI is InChI=1S/C21H28N6O3S/c1-4-29-12-10-23-19-16-13-24-27(20(16)26-21(25-19)31-3)11-9-22-18(28)14-30-17-8-6-5-7-15(17)2/h5-8,13H,4,9-12,14H2,1-3H3,(H,22,28)(H,23,25,26).